The van der Waals surface area contributed by atoms with E-state index in [1.54, 1.807) is 48.3 Å². The molecule has 7 nitrogen and oxygen atoms in total. The van der Waals surface area contributed by atoms with E-state index in [-0.39, 0.29) is 29.5 Å². The van der Waals surface area contributed by atoms with Gasteiger partial charge in [0.2, 0.25) is 0 Å². The van der Waals surface area contributed by atoms with Crippen molar-refractivity contribution in [2.75, 3.05) is 5.32 Å². The molecule has 0 unspecified atom stereocenters. The number of nitrogens with one attached hydrogen (secondary N) is 2. The SMILES string of the molecule is Cc1c(CNC(=O)c2nn3c(c2Cl)N[C@@H](c2ccccc2)C[C@@H]3C(F)(F)F)cnn1C. The summed E-state index contributed by atoms with van der Waals surface area (Å²) >= 11 is 6.33. The topological polar surface area (TPSA) is 76.8 Å². The van der Waals surface area contributed by atoms with Crippen LogP contribution in [-0.2, 0) is 13.6 Å². The Balaban J connectivity index is 1.63. The maximum Gasteiger partial charge on any atom is 0.410 e. The Bertz CT molecular complexity index is 1110. The third kappa shape index (κ3) is 3.99. The fraction of sp³-hybridized carbons (Fsp3) is 0.350. The highest BCUT2D eigenvalue weighted by Gasteiger charge is 2.47. The molecule has 0 radical (unpaired) electrons. The summed E-state index contributed by atoms with van der Waals surface area (Å²) in [4.78, 5) is 12.7. The van der Waals surface area contributed by atoms with Gasteiger partial charge in [0, 0.05) is 31.3 Å². The number of anilines is 1. The molecule has 0 fully saturated rings. The standard InChI is InChI=1S/C20H20ClF3N6O/c1-11-13(10-26-29(11)2)9-25-19(31)17-16(21)18-27-14(12-6-4-3-5-7-12)8-15(20(22,23)24)30(18)28-17/h3-7,10,14-15,27H,8-9H2,1-2H3,(H,25,31)/t14-,15-/m1/s1. The van der Waals surface area contributed by atoms with Crippen molar-refractivity contribution >= 4 is 23.3 Å². The van der Waals surface area contributed by atoms with Gasteiger partial charge in [0.15, 0.2) is 11.7 Å². The highest BCUT2D eigenvalue weighted by molar-refractivity contribution is 6.36. The van der Waals surface area contributed by atoms with Crippen molar-refractivity contribution in [3.63, 3.8) is 0 Å². The summed E-state index contributed by atoms with van der Waals surface area (Å²) in [5.74, 6) is -0.680. The van der Waals surface area contributed by atoms with Crippen molar-refractivity contribution in [1.29, 1.82) is 0 Å². The van der Waals surface area contributed by atoms with Crippen molar-refractivity contribution in [1.82, 2.24) is 24.9 Å². The van der Waals surface area contributed by atoms with Crippen LogP contribution in [0, 0.1) is 6.92 Å². The highest BCUT2D eigenvalue weighted by atomic mass is 35.5. The van der Waals surface area contributed by atoms with Gasteiger partial charge >= 0.3 is 6.18 Å². The van der Waals surface area contributed by atoms with E-state index in [1.807, 2.05) is 6.92 Å². The first-order valence-corrected chi connectivity index (χ1v) is 9.96. The van der Waals surface area contributed by atoms with Crippen LogP contribution in [-0.4, -0.2) is 31.6 Å². The Hall–Kier alpha value is -3.01. The molecule has 1 aliphatic heterocycles. The van der Waals surface area contributed by atoms with Crippen molar-refractivity contribution < 1.29 is 18.0 Å². The lowest BCUT2D eigenvalue weighted by molar-refractivity contribution is -0.173. The molecule has 164 valence electrons. The number of aromatic nitrogens is 4. The first-order valence-electron chi connectivity index (χ1n) is 9.58. The molecule has 2 aromatic heterocycles. The number of benzene rings is 1. The van der Waals surface area contributed by atoms with Crippen LogP contribution < -0.4 is 10.6 Å². The zero-order chi connectivity index (χ0) is 22.3. The van der Waals surface area contributed by atoms with Gasteiger partial charge in [-0.2, -0.15) is 23.4 Å². The Morgan fingerprint density at radius 1 is 1.32 bits per heavy atom. The van der Waals surface area contributed by atoms with Crippen LogP contribution in [0.1, 0.15) is 45.8 Å². The van der Waals surface area contributed by atoms with Crippen LogP contribution in [0.3, 0.4) is 0 Å². The predicted octanol–water partition coefficient (Wildman–Crippen LogP) is 4.17. The van der Waals surface area contributed by atoms with E-state index in [1.165, 1.54) is 0 Å². The number of alkyl halides is 3. The second kappa shape index (κ2) is 7.92. The first-order chi connectivity index (χ1) is 14.7. The van der Waals surface area contributed by atoms with E-state index in [0.717, 1.165) is 15.9 Å². The molecule has 0 bridgehead atoms. The summed E-state index contributed by atoms with van der Waals surface area (Å²) < 4.78 is 43.9. The Kier molecular flexibility index (Phi) is 5.42. The number of hydrogen-bond donors (Lipinski definition) is 2. The predicted molar refractivity (Wildman–Crippen MR) is 109 cm³/mol. The number of carbonyl (C=O) groups excluding carboxylic acids is 1. The number of nitrogens with zero attached hydrogens (tertiary/aromatic N) is 4. The molecule has 1 aliphatic rings. The molecule has 31 heavy (non-hydrogen) atoms. The van der Waals surface area contributed by atoms with E-state index in [4.69, 9.17) is 11.6 Å². The summed E-state index contributed by atoms with van der Waals surface area (Å²) in [5, 5.41) is 13.6. The molecule has 2 atom stereocenters. The number of hydrogen-bond acceptors (Lipinski definition) is 4. The highest BCUT2D eigenvalue weighted by Crippen LogP contribution is 2.46. The second-order valence-electron chi connectivity index (χ2n) is 7.42. The second-order valence-corrected chi connectivity index (χ2v) is 7.80. The lowest BCUT2D eigenvalue weighted by atomic mass is 9.97. The van der Waals surface area contributed by atoms with Gasteiger partial charge in [0.1, 0.15) is 10.8 Å². The summed E-state index contributed by atoms with van der Waals surface area (Å²) in [7, 11) is 1.77. The molecule has 3 heterocycles. The molecule has 1 aromatic carbocycles. The van der Waals surface area contributed by atoms with Gasteiger partial charge in [0.05, 0.1) is 12.2 Å². The summed E-state index contributed by atoms with van der Waals surface area (Å²) in [6.45, 7) is 2.00. The van der Waals surface area contributed by atoms with Gasteiger partial charge in [-0.15, -0.1) is 0 Å². The maximum atomic E-state index is 13.8. The number of rotatable bonds is 4. The largest absolute Gasteiger partial charge is 0.410 e. The summed E-state index contributed by atoms with van der Waals surface area (Å²) in [6, 6.07) is 6.26. The number of amides is 1. The summed E-state index contributed by atoms with van der Waals surface area (Å²) in [6.07, 6.45) is -3.21. The lowest BCUT2D eigenvalue weighted by Crippen LogP contribution is -2.35. The zero-order valence-corrected chi connectivity index (χ0v) is 17.5. The smallest absolute Gasteiger partial charge is 0.362 e. The van der Waals surface area contributed by atoms with Gasteiger partial charge in [0.25, 0.3) is 5.91 Å². The van der Waals surface area contributed by atoms with Crippen LogP contribution >= 0.6 is 11.6 Å². The molecule has 2 N–H and O–H groups in total. The van der Waals surface area contributed by atoms with Crippen molar-refractivity contribution in [2.24, 2.45) is 7.05 Å². The molecule has 4 rings (SSSR count). The van der Waals surface area contributed by atoms with Crippen molar-refractivity contribution in [3.05, 3.63) is 64.1 Å². The minimum atomic E-state index is -4.56. The Morgan fingerprint density at radius 3 is 2.65 bits per heavy atom. The van der Waals surface area contributed by atoms with Crippen LogP contribution in [0.2, 0.25) is 5.02 Å². The quantitative estimate of drug-likeness (QED) is 0.623. The summed E-state index contributed by atoms with van der Waals surface area (Å²) in [5.41, 5.74) is 2.08. The molecular weight excluding hydrogens is 433 g/mol. The van der Waals surface area contributed by atoms with Gasteiger partial charge in [-0.05, 0) is 12.5 Å². The number of halogens is 4. The van der Waals surface area contributed by atoms with Crippen LogP contribution in [0.25, 0.3) is 0 Å². The van der Waals surface area contributed by atoms with Gasteiger partial charge in [-0.3, -0.25) is 9.48 Å². The van der Waals surface area contributed by atoms with Crippen LogP contribution in [0.4, 0.5) is 19.0 Å². The van der Waals surface area contributed by atoms with Crippen LogP contribution in [0.5, 0.6) is 0 Å². The Labute approximate surface area is 181 Å². The minimum Gasteiger partial charge on any atom is -0.362 e. The molecule has 0 saturated carbocycles. The fourth-order valence-electron chi connectivity index (χ4n) is 3.62. The monoisotopic (exact) mass is 452 g/mol. The van der Waals surface area contributed by atoms with E-state index in [0.29, 0.717) is 5.56 Å². The molecular formula is C20H20ClF3N6O. The molecule has 11 heteroatoms. The van der Waals surface area contributed by atoms with Gasteiger partial charge in [-0.25, -0.2) is 4.68 Å². The minimum absolute atomic E-state index is 0.0215. The third-order valence-electron chi connectivity index (χ3n) is 5.49. The third-order valence-corrected chi connectivity index (χ3v) is 5.85. The maximum absolute atomic E-state index is 13.8. The number of carbonyl (C=O) groups is 1. The molecule has 0 saturated heterocycles. The molecule has 1 amide bonds. The van der Waals surface area contributed by atoms with Gasteiger partial charge in [-0.1, -0.05) is 41.9 Å². The first kappa shape index (κ1) is 21.2. The zero-order valence-electron chi connectivity index (χ0n) is 16.7. The van der Waals surface area contributed by atoms with Gasteiger partial charge < -0.3 is 10.6 Å². The van der Waals surface area contributed by atoms with E-state index in [2.05, 4.69) is 20.8 Å². The average Bonchev–Trinajstić information content (AvgIpc) is 3.25. The van der Waals surface area contributed by atoms with E-state index < -0.39 is 24.2 Å². The van der Waals surface area contributed by atoms with Crippen molar-refractivity contribution in [3.8, 4) is 0 Å². The normalized spacial score (nSPS) is 18.4. The molecule has 0 spiro atoms. The number of fused-ring (bicyclic) bond motifs is 1. The van der Waals surface area contributed by atoms with Crippen LogP contribution in [0.15, 0.2) is 36.5 Å². The average molecular weight is 453 g/mol. The Morgan fingerprint density at radius 2 is 2.03 bits per heavy atom. The number of aryl methyl sites for hydroxylation is 1. The fourth-order valence-corrected chi connectivity index (χ4v) is 3.88. The lowest BCUT2D eigenvalue weighted by Gasteiger charge is -2.33. The molecule has 3 aromatic rings. The van der Waals surface area contributed by atoms with E-state index >= 15 is 0 Å². The molecule has 0 aliphatic carbocycles. The van der Waals surface area contributed by atoms with E-state index in [9.17, 15) is 18.0 Å². The van der Waals surface area contributed by atoms with Crippen molar-refractivity contribution in [2.45, 2.75) is 38.1 Å².